The lowest BCUT2D eigenvalue weighted by Crippen LogP contribution is -2.50. The van der Waals surface area contributed by atoms with Crippen LogP contribution in [-0.2, 0) is 17.9 Å². The van der Waals surface area contributed by atoms with Crippen molar-refractivity contribution in [3.05, 3.63) is 69.1 Å². The van der Waals surface area contributed by atoms with Gasteiger partial charge in [0.25, 0.3) is 17.4 Å². The number of benzene rings is 1. The Morgan fingerprint density at radius 2 is 1.65 bits per heavy atom. The van der Waals surface area contributed by atoms with Gasteiger partial charge in [-0.25, -0.2) is 0 Å². The van der Waals surface area contributed by atoms with E-state index < -0.39 is 16.9 Å². The monoisotopic (exact) mass is 462 g/mol. The second-order valence-electron chi connectivity index (χ2n) is 9.76. The molecule has 1 N–H and O–H groups in total. The highest BCUT2D eigenvalue weighted by Gasteiger charge is 2.53. The van der Waals surface area contributed by atoms with Gasteiger partial charge in [0.15, 0.2) is 0 Å². The van der Waals surface area contributed by atoms with Crippen LogP contribution in [0.2, 0.25) is 0 Å². The van der Waals surface area contributed by atoms with E-state index >= 15 is 0 Å². The van der Waals surface area contributed by atoms with Gasteiger partial charge in [-0.1, -0.05) is 29.8 Å². The SMILES string of the molecule is Cc1ccc(CNC(=O)c2ccc3n(c2=O)CCN(CC2(C(=O)N4CCCC4)CC2)C3=O)cc1. The van der Waals surface area contributed by atoms with E-state index in [1.165, 1.54) is 10.6 Å². The Bertz CT molecular complexity index is 1190. The van der Waals surface area contributed by atoms with Crippen molar-refractivity contribution in [2.75, 3.05) is 26.2 Å². The molecule has 3 heterocycles. The molecule has 3 aliphatic rings. The standard InChI is InChI=1S/C26H30N4O4/c1-18-4-6-19(7-5-18)16-27-22(31)20-8-9-21-24(33)29(14-15-30(21)23(20)32)17-26(10-11-26)25(34)28-12-2-3-13-28/h4-9H,2-3,10-17H2,1H3,(H,27,31). The first-order valence-electron chi connectivity index (χ1n) is 12.0. The molecular weight excluding hydrogens is 432 g/mol. The Kier molecular flexibility index (Phi) is 5.75. The van der Waals surface area contributed by atoms with Crippen molar-refractivity contribution in [2.45, 2.75) is 45.7 Å². The fourth-order valence-corrected chi connectivity index (χ4v) is 4.99. The number of aryl methyl sites for hydroxylation is 1. The van der Waals surface area contributed by atoms with E-state index in [1.807, 2.05) is 36.1 Å². The molecule has 0 bridgehead atoms. The molecular formula is C26H30N4O4. The Morgan fingerprint density at radius 1 is 0.941 bits per heavy atom. The number of amides is 3. The van der Waals surface area contributed by atoms with Gasteiger partial charge < -0.3 is 19.7 Å². The second-order valence-corrected chi connectivity index (χ2v) is 9.76. The normalized spacial score (nSPS) is 18.6. The van der Waals surface area contributed by atoms with Gasteiger partial charge in [0.1, 0.15) is 11.3 Å². The Balaban J connectivity index is 1.27. The lowest BCUT2D eigenvalue weighted by Gasteiger charge is -2.33. The third kappa shape index (κ3) is 4.13. The van der Waals surface area contributed by atoms with E-state index in [2.05, 4.69) is 5.32 Å². The second kappa shape index (κ2) is 8.74. The lowest BCUT2D eigenvalue weighted by molar-refractivity contribution is -0.136. The average molecular weight is 463 g/mol. The van der Waals surface area contributed by atoms with Crippen LogP contribution in [0.4, 0.5) is 0 Å². The maximum absolute atomic E-state index is 13.2. The van der Waals surface area contributed by atoms with Crippen LogP contribution < -0.4 is 10.9 Å². The Labute approximate surface area is 198 Å². The summed E-state index contributed by atoms with van der Waals surface area (Å²) in [6.45, 7) is 4.99. The molecule has 0 unspecified atom stereocenters. The topological polar surface area (TPSA) is 91.7 Å². The van der Waals surface area contributed by atoms with Gasteiger partial charge in [-0.05, 0) is 50.3 Å². The number of carbonyl (C=O) groups is 3. The Morgan fingerprint density at radius 3 is 2.32 bits per heavy atom. The van der Waals surface area contributed by atoms with Gasteiger partial charge in [0.05, 0.1) is 5.41 Å². The molecule has 1 aromatic heterocycles. The first kappa shape index (κ1) is 22.4. The molecule has 2 aliphatic heterocycles. The van der Waals surface area contributed by atoms with E-state index in [0.29, 0.717) is 26.2 Å². The van der Waals surface area contributed by atoms with Crippen molar-refractivity contribution in [2.24, 2.45) is 5.41 Å². The van der Waals surface area contributed by atoms with E-state index in [1.54, 1.807) is 11.0 Å². The molecule has 1 aliphatic carbocycles. The third-order valence-electron chi connectivity index (χ3n) is 7.29. The predicted octanol–water partition coefficient (Wildman–Crippen LogP) is 1.95. The highest BCUT2D eigenvalue weighted by molar-refractivity contribution is 5.97. The minimum Gasteiger partial charge on any atom is -0.348 e. The van der Waals surface area contributed by atoms with Gasteiger partial charge in [0.2, 0.25) is 5.91 Å². The number of aromatic nitrogens is 1. The lowest BCUT2D eigenvalue weighted by atomic mass is 10.0. The van der Waals surface area contributed by atoms with Crippen molar-refractivity contribution < 1.29 is 14.4 Å². The zero-order valence-electron chi connectivity index (χ0n) is 19.5. The van der Waals surface area contributed by atoms with Crippen molar-refractivity contribution in [3.8, 4) is 0 Å². The van der Waals surface area contributed by atoms with Crippen molar-refractivity contribution in [3.63, 3.8) is 0 Å². The summed E-state index contributed by atoms with van der Waals surface area (Å²) in [6.07, 6.45) is 3.70. The van der Waals surface area contributed by atoms with Crippen LogP contribution in [0.1, 0.15) is 57.7 Å². The third-order valence-corrected chi connectivity index (χ3v) is 7.29. The molecule has 3 amide bonds. The quantitative estimate of drug-likeness (QED) is 0.710. The van der Waals surface area contributed by atoms with Crippen LogP contribution >= 0.6 is 0 Å². The van der Waals surface area contributed by atoms with Gasteiger partial charge in [-0.15, -0.1) is 0 Å². The summed E-state index contributed by atoms with van der Waals surface area (Å²) >= 11 is 0. The zero-order valence-corrected chi connectivity index (χ0v) is 19.5. The maximum atomic E-state index is 13.2. The first-order valence-corrected chi connectivity index (χ1v) is 12.0. The van der Waals surface area contributed by atoms with Crippen LogP contribution in [0, 0.1) is 12.3 Å². The summed E-state index contributed by atoms with van der Waals surface area (Å²) in [5.41, 5.74) is 1.46. The molecule has 8 nitrogen and oxygen atoms in total. The van der Waals surface area contributed by atoms with Gasteiger partial charge in [0, 0.05) is 39.3 Å². The Hall–Kier alpha value is -3.42. The molecule has 34 heavy (non-hydrogen) atoms. The molecule has 0 spiro atoms. The number of carbonyl (C=O) groups excluding carboxylic acids is 3. The molecule has 178 valence electrons. The fraction of sp³-hybridized carbons (Fsp3) is 0.462. The molecule has 0 radical (unpaired) electrons. The number of nitrogens with zero attached hydrogens (tertiary/aromatic N) is 3. The predicted molar refractivity (Wildman–Crippen MR) is 126 cm³/mol. The molecule has 2 fully saturated rings. The summed E-state index contributed by atoms with van der Waals surface area (Å²) in [6, 6.07) is 10.8. The summed E-state index contributed by atoms with van der Waals surface area (Å²) in [5, 5.41) is 2.79. The largest absolute Gasteiger partial charge is 0.348 e. The molecule has 1 saturated carbocycles. The van der Waals surface area contributed by atoms with Crippen LogP contribution in [0.5, 0.6) is 0 Å². The summed E-state index contributed by atoms with van der Waals surface area (Å²) in [4.78, 5) is 55.5. The molecule has 8 heteroatoms. The molecule has 1 saturated heterocycles. The molecule has 0 atom stereocenters. The summed E-state index contributed by atoms with van der Waals surface area (Å²) in [5.74, 6) is -0.541. The summed E-state index contributed by atoms with van der Waals surface area (Å²) in [7, 11) is 0. The number of hydrogen-bond acceptors (Lipinski definition) is 4. The fourth-order valence-electron chi connectivity index (χ4n) is 4.99. The van der Waals surface area contributed by atoms with E-state index in [0.717, 1.165) is 49.9 Å². The van der Waals surface area contributed by atoms with Crippen LogP contribution in [0.25, 0.3) is 0 Å². The van der Waals surface area contributed by atoms with E-state index in [9.17, 15) is 19.2 Å². The van der Waals surface area contributed by atoms with Crippen LogP contribution in [-0.4, -0.2) is 58.3 Å². The van der Waals surface area contributed by atoms with Crippen molar-refractivity contribution in [1.82, 2.24) is 19.7 Å². The highest BCUT2D eigenvalue weighted by atomic mass is 16.2. The molecule has 1 aromatic carbocycles. The number of rotatable bonds is 6. The van der Waals surface area contributed by atoms with E-state index in [4.69, 9.17) is 0 Å². The summed E-state index contributed by atoms with van der Waals surface area (Å²) < 4.78 is 1.39. The maximum Gasteiger partial charge on any atom is 0.270 e. The number of likely N-dealkylation sites (tertiary alicyclic amines) is 1. The first-order chi connectivity index (χ1) is 16.4. The van der Waals surface area contributed by atoms with Gasteiger partial charge >= 0.3 is 0 Å². The van der Waals surface area contributed by atoms with Crippen LogP contribution in [0.15, 0.2) is 41.2 Å². The number of pyridine rings is 1. The van der Waals surface area contributed by atoms with Gasteiger partial charge in [-0.2, -0.15) is 0 Å². The minimum absolute atomic E-state index is 0.0278. The van der Waals surface area contributed by atoms with Crippen LogP contribution in [0.3, 0.4) is 0 Å². The molecule has 5 rings (SSSR count). The van der Waals surface area contributed by atoms with Crippen molar-refractivity contribution in [1.29, 1.82) is 0 Å². The zero-order chi connectivity index (χ0) is 23.9. The smallest absolute Gasteiger partial charge is 0.270 e. The van der Waals surface area contributed by atoms with E-state index in [-0.39, 0.29) is 23.1 Å². The van der Waals surface area contributed by atoms with Crippen molar-refractivity contribution >= 4 is 17.7 Å². The highest BCUT2D eigenvalue weighted by Crippen LogP contribution is 2.48. The average Bonchev–Trinajstić information content (AvgIpc) is 3.41. The number of nitrogens with one attached hydrogen (secondary N) is 1. The number of fused-ring (bicyclic) bond motifs is 1. The molecule has 2 aromatic rings. The minimum atomic E-state index is -0.460. The number of hydrogen-bond donors (Lipinski definition) is 1. The van der Waals surface area contributed by atoms with Gasteiger partial charge in [-0.3, -0.25) is 19.2 Å².